The highest BCUT2D eigenvalue weighted by molar-refractivity contribution is 6.01. The SMILES string of the molecule is Cn1cc(-n2ccc(N3CCO[C@H]([C@@](C)(O)C(=O)OC(C)(C)C)C3=O)n2)ccc1=O. The number of carbonyl (C=O) groups excluding carboxylic acids is 2. The van der Waals surface area contributed by atoms with Crippen molar-refractivity contribution in [1.82, 2.24) is 14.3 Å². The number of ether oxygens (including phenoxy) is 2. The van der Waals surface area contributed by atoms with E-state index < -0.39 is 29.2 Å². The molecule has 3 rings (SSSR count). The van der Waals surface area contributed by atoms with Crippen LogP contribution in [0.4, 0.5) is 5.82 Å². The molecule has 1 saturated heterocycles. The number of hydrogen-bond donors (Lipinski definition) is 1. The molecule has 3 heterocycles. The van der Waals surface area contributed by atoms with Crippen LogP contribution in [0.15, 0.2) is 35.4 Å². The lowest BCUT2D eigenvalue weighted by Gasteiger charge is -2.38. The normalized spacial score (nSPS) is 19.5. The fourth-order valence-corrected chi connectivity index (χ4v) is 3.02. The molecule has 0 unspecified atom stereocenters. The first-order valence-corrected chi connectivity index (χ1v) is 9.52. The van der Waals surface area contributed by atoms with Crippen LogP contribution in [-0.4, -0.2) is 61.8 Å². The number of carbonyl (C=O) groups is 2. The lowest BCUT2D eigenvalue weighted by atomic mass is 9.96. The van der Waals surface area contributed by atoms with E-state index in [1.54, 1.807) is 52.3 Å². The Bertz CT molecular complexity index is 1020. The lowest BCUT2D eigenvalue weighted by molar-refractivity contribution is -0.194. The minimum Gasteiger partial charge on any atom is -0.458 e. The zero-order valence-electron chi connectivity index (χ0n) is 17.7. The first-order valence-electron chi connectivity index (χ1n) is 9.52. The molecule has 0 spiro atoms. The number of esters is 1. The van der Waals surface area contributed by atoms with Gasteiger partial charge in [0.15, 0.2) is 17.5 Å². The molecule has 0 bridgehead atoms. The smallest absolute Gasteiger partial charge is 0.341 e. The van der Waals surface area contributed by atoms with Gasteiger partial charge in [0.2, 0.25) is 5.56 Å². The van der Waals surface area contributed by atoms with Gasteiger partial charge in [-0.2, -0.15) is 0 Å². The van der Waals surface area contributed by atoms with Gasteiger partial charge in [0.25, 0.3) is 5.91 Å². The van der Waals surface area contributed by atoms with E-state index in [9.17, 15) is 19.5 Å². The predicted octanol–water partition coefficient (Wildman–Crippen LogP) is 0.395. The standard InChI is InChI=1S/C20H26N4O6/c1-19(2,3)30-18(27)20(4,28)16-17(26)23(10-11-29-16)14-8-9-24(21-14)13-6-7-15(25)22(5)12-13/h6-9,12,16,28H,10-11H2,1-5H3/t16-,20+/m0/s1. The van der Waals surface area contributed by atoms with Crippen molar-refractivity contribution < 1.29 is 24.2 Å². The van der Waals surface area contributed by atoms with E-state index in [2.05, 4.69) is 5.10 Å². The average Bonchev–Trinajstić information content (AvgIpc) is 3.12. The minimum atomic E-state index is -2.16. The molecule has 2 aromatic rings. The summed E-state index contributed by atoms with van der Waals surface area (Å²) >= 11 is 0. The number of hydrogen-bond acceptors (Lipinski definition) is 7. The van der Waals surface area contributed by atoms with Gasteiger partial charge in [-0.15, -0.1) is 5.10 Å². The first-order chi connectivity index (χ1) is 13.9. The summed E-state index contributed by atoms with van der Waals surface area (Å²) in [5, 5.41) is 15.1. The summed E-state index contributed by atoms with van der Waals surface area (Å²) in [6.45, 7) is 6.54. The van der Waals surface area contributed by atoms with Crippen molar-refractivity contribution in [2.75, 3.05) is 18.1 Å². The van der Waals surface area contributed by atoms with Crippen LogP contribution in [0.1, 0.15) is 27.7 Å². The number of amides is 1. The molecule has 0 saturated carbocycles. The first kappa shape index (κ1) is 21.7. The molecule has 2 atom stereocenters. The topological polar surface area (TPSA) is 116 Å². The van der Waals surface area contributed by atoms with Crippen LogP contribution in [0.3, 0.4) is 0 Å². The van der Waals surface area contributed by atoms with Crippen LogP contribution >= 0.6 is 0 Å². The summed E-state index contributed by atoms with van der Waals surface area (Å²) in [7, 11) is 1.63. The summed E-state index contributed by atoms with van der Waals surface area (Å²) in [5.74, 6) is -1.20. The van der Waals surface area contributed by atoms with Crippen molar-refractivity contribution >= 4 is 17.7 Å². The number of aryl methyl sites for hydroxylation is 1. The van der Waals surface area contributed by atoms with Crippen molar-refractivity contribution in [3.8, 4) is 5.69 Å². The molecular formula is C20H26N4O6. The van der Waals surface area contributed by atoms with Gasteiger partial charge in [0.1, 0.15) is 5.60 Å². The van der Waals surface area contributed by atoms with Gasteiger partial charge in [0.05, 0.1) is 18.8 Å². The zero-order chi connectivity index (χ0) is 22.3. The predicted molar refractivity (Wildman–Crippen MR) is 107 cm³/mol. The maximum Gasteiger partial charge on any atom is 0.341 e. The van der Waals surface area contributed by atoms with Gasteiger partial charge in [0, 0.05) is 31.6 Å². The monoisotopic (exact) mass is 418 g/mol. The fourth-order valence-electron chi connectivity index (χ4n) is 3.02. The largest absolute Gasteiger partial charge is 0.458 e. The zero-order valence-corrected chi connectivity index (χ0v) is 17.7. The van der Waals surface area contributed by atoms with E-state index in [0.29, 0.717) is 11.5 Å². The van der Waals surface area contributed by atoms with Crippen molar-refractivity contribution in [3.63, 3.8) is 0 Å². The van der Waals surface area contributed by atoms with Crippen LogP contribution in [0.5, 0.6) is 0 Å². The third-order valence-corrected chi connectivity index (χ3v) is 4.60. The van der Waals surface area contributed by atoms with E-state index in [-0.39, 0.29) is 18.7 Å². The highest BCUT2D eigenvalue weighted by Gasteiger charge is 2.50. The van der Waals surface area contributed by atoms with Crippen LogP contribution in [0.2, 0.25) is 0 Å². The minimum absolute atomic E-state index is 0.113. The second-order valence-electron chi connectivity index (χ2n) is 8.35. The van der Waals surface area contributed by atoms with E-state index in [1.807, 2.05) is 0 Å². The highest BCUT2D eigenvalue weighted by Crippen LogP contribution is 2.26. The molecule has 0 radical (unpaired) electrons. The highest BCUT2D eigenvalue weighted by atomic mass is 16.6. The van der Waals surface area contributed by atoms with Gasteiger partial charge < -0.3 is 19.1 Å². The molecule has 0 aliphatic carbocycles. The van der Waals surface area contributed by atoms with Crippen molar-refractivity contribution in [1.29, 1.82) is 0 Å². The molecule has 10 nitrogen and oxygen atoms in total. The van der Waals surface area contributed by atoms with Crippen molar-refractivity contribution in [2.45, 2.75) is 45.0 Å². The Kier molecular flexibility index (Phi) is 5.57. The Balaban J connectivity index is 1.83. The van der Waals surface area contributed by atoms with Gasteiger partial charge in [-0.25, -0.2) is 9.48 Å². The van der Waals surface area contributed by atoms with Gasteiger partial charge in [-0.1, -0.05) is 0 Å². The van der Waals surface area contributed by atoms with Gasteiger partial charge in [-0.05, 0) is 33.8 Å². The number of anilines is 1. The van der Waals surface area contributed by atoms with E-state index >= 15 is 0 Å². The molecule has 0 aromatic carbocycles. The number of aromatic nitrogens is 3. The maximum atomic E-state index is 13.0. The summed E-state index contributed by atoms with van der Waals surface area (Å²) in [6, 6.07) is 4.68. The third-order valence-electron chi connectivity index (χ3n) is 4.60. The van der Waals surface area contributed by atoms with Crippen molar-refractivity contribution in [3.05, 3.63) is 40.9 Å². The number of aliphatic hydroxyl groups is 1. The molecule has 1 fully saturated rings. The molecule has 1 amide bonds. The Morgan fingerprint density at radius 2 is 1.93 bits per heavy atom. The number of rotatable bonds is 4. The van der Waals surface area contributed by atoms with Crippen LogP contribution in [-0.2, 0) is 26.1 Å². The van der Waals surface area contributed by atoms with E-state index in [4.69, 9.17) is 9.47 Å². The second kappa shape index (κ2) is 7.69. The average molecular weight is 418 g/mol. The van der Waals surface area contributed by atoms with Crippen LogP contribution < -0.4 is 10.5 Å². The molecule has 1 aliphatic rings. The fraction of sp³-hybridized carbons (Fsp3) is 0.500. The number of morpholine rings is 1. The quantitative estimate of drug-likeness (QED) is 0.714. The van der Waals surface area contributed by atoms with Crippen LogP contribution in [0.25, 0.3) is 5.69 Å². The van der Waals surface area contributed by atoms with Gasteiger partial charge in [-0.3, -0.25) is 14.5 Å². The Morgan fingerprint density at radius 3 is 2.57 bits per heavy atom. The molecule has 162 valence electrons. The molecule has 2 aromatic heterocycles. The molecule has 10 heteroatoms. The molecule has 1 N–H and O–H groups in total. The molecule has 1 aliphatic heterocycles. The summed E-state index contributed by atoms with van der Waals surface area (Å²) in [6.07, 6.45) is 1.85. The number of pyridine rings is 1. The van der Waals surface area contributed by atoms with Crippen LogP contribution in [0, 0.1) is 0 Å². The Labute approximate surface area is 173 Å². The summed E-state index contributed by atoms with van der Waals surface area (Å²) < 4.78 is 13.6. The maximum absolute atomic E-state index is 13.0. The Hall–Kier alpha value is -2.98. The third kappa shape index (κ3) is 4.29. The lowest BCUT2D eigenvalue weighted by Crippen LogP contribution is -2.61. The molecule has 30 heavy (non-hydrogen) atoms. The van der Waals surface area contributed by atoms with Crippen molar-refractivity contribution in [2.24, 2.45) is 7.05 Å². The van der Waals surface area contributed by atoms with E-state index in [0.717, 1.165) is 0 Å². The molecular weight excluding hydrogens is 392 g/mol. The summed E-state index contributed by atoms with van der Waals surface area (Å²) in [5.41, 5.74) is -2.50. The Morgan fingerprint density at radius 1 is 1.23 bits per heavy atom. The van der Waals surface area contributed by atoms with Gasteiger partial charge >= 0.3 is 5.97 Å². The van der Waals surface area contributed by atoms with E-state index in [1.165, 1.54) is 27.1 Å². The summed E-state index contributed by atoms with van der Waals surface area (Å²) in [4.78, 5) is 38.4. The second-order valence-corrected chi connectivity index (χ2v) is 8.35. The number of nitrogens with zero attached hydrogens (tertiary/aromatic N) is 4.